The minimum Gasteiger partial charge on any atom is -0.495 e. The molecule has 2 rings (SSSR count). The first-order valence-corrected chi connectivity index (χ1v) is 4.50. The van der Waals surface area contributed by atoms with E-state index in [4.69, 9.17) is 31.5 Å². The van der Waals surface area contributed by atoms with E-state index in [1.54, 1.807) is 13.2 Å². The van der Waals surface area contributed by atoms with E-state index in [1.807, 2.05) is 0 Å². The molecule has 1 aromatic carbocycles. The lowest BCUT2D eigenvalue weighted by Crippen LogP contribution is -2.02. The summed E-state index contributed by atoms with van der Waals surface area (Å²) in [4.78, 5) is 0. The van der Waals surface area contributed by atoms with Gasteiger partial charge in [0.25, 0.3) is 0 Å². The Morgan fingerprint density at radius 2 is 2.36 bits per heavy atom. The highest BCUT2D eigenvalue weighted by molar-refractivity contribution is 6.32. The molecule has 0 atom stereocenters. The van der Waals surface area contributed by atoms with E-state index in [1.165, 1.54) is 0 Å². The van der Waals surface area contributed by atoms with Gasteiger partial charge in [0.1, 0.15) is 5.75 Å². The Kier molecular flexibility index (Phi) is 2.39. The van der Waals surface area contributed by atoms with Crippen LogP contribution in [-0.4, -0.2) is 13.9 Å². The molecule has 1 aromatic rings. The first kappa shape index (κ1) is 9.43. The molecule has 14 heavy (non-hydrogen) atoms. The molecule has 0 unspecified atom stereocenters. The summed E-state index contributed by atoms with van der Waals surface area (Å²) >= 11 is 5.98. The summed E-state index contributed by atoms with van der Waals surface area (Å²) in [5.74, 6) is 1.81. The van der Waals surface area contributed by atoms with Crippen molar-refractivity contribution in [1.29, 1.82) is 0 Å². The second-order valence-electron chi connectivity index (χ2n) is 2.81. The van der Waals surface area contributed by atoms with Crippen LogP contribution in [0.5, 0.6) is 17.2 Å². The first-order chi connectivity index (χ1) is 6.77. The van der Waals surface area contributed by atoms with Crippen LogP contribution in [0.25, 0.3) is 0 Å². The second kappa shape index (κ2) is 3.55. The Hall–Kier alpha value is -1.13. The maximum Gasteiger partial charge on any atom is 0.231 e. The number of nitrogens with two attached hydrogens (primary N) is 1. The SMILES string of the molecule is COc1c(Cl)cc2c(c1CN)OCO2. The maximum absolute atomic E-state index is 5.98. The third-order valence-corrected chi connectivity index (χ3v) is 2.35. The van der Waals surface area contributed by atoms with Crippen molar-refractivity contribution in [2.45, 2.75) is 6.54 Å². The van der Waals surface area contributed by atoms with Gasteiger partial charge in [0.05, 0.1) is 17.7 Å². The molecule has 0 spiro atoms. The number of hydrogen-bond donors (Lipinski definition) is 1. The average Bonchev–Trinajstić information content (AvgIpc) is 2.62. The van der Waals surface area contributed by atoms with Gasteiger partial charge in [0, 0.05) is 12.6 Å². The molecule has 0 amide bonds. The molecule has 2 N–H and O–H groups in total. The zero-order valence-electron chi connectivity index (χ0n) is 7.67. The monoisotopic (exact) mass is 215 g/mol. The maximum atomic E-state index is 5.98. The van der Waals surface area contributed by atoms with Gasteiger partial charge in [-0.3, -0.25) is 0 Å². The van der Waals surface area contributed by atoms with E-state index in [2.05, 4.69) is 0 Å². The fraction of sp³-hybridized carbons (Fsp3) is 0.333. The molecular formula is C9H10ClNO3. The van der Waals surface area contributed by atoms with Crippen LogP contribution in [0.3, 0.4) is 0 Å². The van der Waals surface area contributed by atoms with Crippen LogP contribution in [0.15, 0.2) is 6.07 Å². The van der Waals surface area contributed by atoms with Gasteiger partial charge in [-0.15, -0.1) is 0 Å². The van der Waals surface area contributed by atoms with Crippen molar-refractivity contribution >= 4 is 11.6 Å². The van der Waals surface area contributed by atoms with Crippen LogP contribution in [0.1, 0.15) is 5.56 Å². The molecular weight excluding hydrogens is 206 g/mol. The highest BCUT2D eigenvalue weighted by Crippen LogP contribution is 2.44. The Bertz CT molecular complexity index is 364. The predicted octanol–water partition coefficient (Wildman–Crippen LogP) is 1.54. The van der Waals surface area contributed by atoms with Crippen molar-refractivity contribution in [3.05, 3.63) is 16.7 Å². The molecule has 1 aliphatic heterocycles. The lowest BCUT2D eigenvalue weighted by atomic mass is 10.1. The van der Waals surface area contributed by atoms with Crippen LogP contribution in [0, 0.1) is 0 Å². The summed E-state index contributed by atoms with van der Waals surface area (Å²) in [5, 5.41) is 0.484. The molecule has 1 heterocycles. The molecule has 0 saturated heterocycles. The molecule has 4 nitrogen and oxygen atoms in total. The largest absolute Gasteiger partial charge is 0.495 e. The number of halogens is 1. The quantitative estimate of drug-likeness (QED) is 0.813. The summed E-state index contributed by atoms with van der Waals surface area (Å²) in [5.41, 5.74) is 6.34. The molecule has 1 aliphatic rings. The zero-order chi connectivity index (χ0) is 10.1. The van der Waals surface area contributed by atoms with Crippen molar-refractivity contribution < 1.29 is 14.2 Å². The van der Waals surface area contributed by atoms with Crippen molar-refractivity contribution in [1.82, 2.24) is 0 Å². The van der Waals surface area contributed by atoms with E-state index < -0.39 is 0 Å². The summed E-state index contributed by atoms with van der Waals surface area (Å²) in [6, 6.07) is 1.67. The Labute approximate surface area is 86.5 Å². The number of benzene rings is 1. The van der Waals surface area contributed by atoms with Gasteiger partial charge in [-0.05, 0) is 0 Å². The number of hydrogen-bond acceptors (Lipinski definition) is 4. The first-order valence-electron chi connectivity index (χ1n) is 4.13. The minimum atomic E-state index is 0.200. The second-order valence-corrected chi connectivity index (χ2v) is 3.22. The Morgan fingerprint density at radius 3 is 3.00 bits per heavy atom. The van der Waals surface area contributed by atoms with Gasteiger partial charge >= 0.3 is 0 Å². The summed E-state index contributed by atoms with van der Waals surface area (Å²) in [7, 11) is 1.54. The van der Waals surface area contributed by atoms with Gasteiger partial charge in [0.2, 0.25) is 6.79 Å². The fourth-order valence-electron chi connectivity index (χ4n) is 1.47. The average molecular weight is 216 g/mol. The van der Waals surface area contributed by atoms with Gasteiger partial charge < -0.3 is 19.9 Å². The third-order valence-electron chi connectivity index (χ3n) is 2.07. The van der Waals surface area contributed by atoms with Gasteiger partial charge in [-0.2, -0.15) is 0 Å². The molecule has 0 fully saturated rings. The van der Waals surface area contributed by atoms with Crippen LogP contribution in [-0.2, 0) is 6.54 Å². The third kappa shape index (κ3) is 1.27. The van der Waals surface area contributed by atoms with Crippen LogP contribution in [0.4, 0.5) is 0 Å². The molecule has 5 heteroatoms. The van der Waals surface area contributed by atoms with Gasteiger partial charge in [0.15, 0.2) is 11.5 Å². The van der Waals surface area contributed by atoms with Crippen LogP contribution >= 0.6 is 11.6 Å². The molecule has 0 radical (unpaired) electrons. The standard InChI is InChI=1S/C9H10ClNO3/c1-12-8-5(3-11)9-7(2-6(8)10)13-4-14-9/h2H,3-4,11H2,1H3. The van der Waals surface area contributed by atoms with Crippen LogP contribution in [0.2, 0.25) is 5.02 Å². The highest BCUT2D eigenvalue weighted by atomic mass is 35.5. The summed E-state index contributed by atoms with van der Waals surface area (Å²) in [6.07, 6.45) is 0. The van der Waals surface area contributed by atoms with Gasteiger partial charge in [-0.1, -0.05) is 11.6 Å². The van der Waals surface area contributed by atoms with E-state index in [9.17, 15) is 0 Å². The van der Waals surface area contributed by atoms with Crippen molar-refractivity contribution in [3.63, 3.8) is 0 Å². The van der Waals surface area contributed by atoms with Crippen LogP contribution < -0.4 is 19.9 Å². The molecule has 0 saturated carbocycles. The number of methoxy groups -OCH3 is 1. The van der Waals surface area contributed by atoms with Crippen molar-refractivity contribution in [3.8, 4) is 17.2 Å². The van der Waals surface area contributed by atoms with E-state index >= 15 is 0 Å². The number of rotatable bonds is 2. The highest BCUT2D eigenvalue weighted by Gasteiger charge is 2.23. The molecule has 0 aliphatic carbocycles. The lowest BCUT2D eigenvalue weighted by Gasteiger charge is -2.11. The van der Waals surface area contributed by atoms with Crippen molar-refractivity contribution in [2.24, 2.45) is 5.73 Å². The minimum absolute atomic E-state index is 0.200. The smallest absolute Gasteiger partial charge is 0.231 e. The topological polar surface area (TPSA) is 53.7 Å². The Balaban J connectivity index is 2.62. The number of ether oxygens (including phenoxy) is 3. The van der Waals surface area contributed by atoms with Crippen molar-refractivity contribution in [2.75, 3.05) is 13.9 Å². The summed E-state index contributed by atoms with van der Waals surface area (Å²) in [6.45, 7) is 0.501. The Morgan fingerprint density at radius 1 is 1.57 bits per heavy atom. The fourth-order valence-corrected chi connectivity index (χ4v) is 1.76. The lowest BCUT2D eigenvalue weighted by molar-refractivity contribution is 0.173. The molecule has 0 bridgehead atoms. The molecule has 0 aromatic heterocycles. The predicted molar refractivity (Wildman–Crippen MR) is 52.0 cm³/mol. The van der Waals surface area contributed by atoms with E-state index in [0.29, 0.717) is 28.8 Å². The van der Waals surface area contributed by atoms with Gasteiger partial charge in [-0.25, -0.2) is 0 Å². The number of fused-ring (bicyclic) bond motifs is 1. The van der Waals surface area contributed by atoms with E-state index in [-0.39, 0.29) is 6.79 Å². The normalized spacial score (nSPS) is 13.1. The molecule has 76 valence electrons. The van der Waals surface area contributed by atoms with E-state index in [0.717, 1.165) is 5.56 Å². The summed E-state index contributed by atoms with van der Waals surface area (Å²) < 4.78 is 15.6. The zero-order valence-corrected chi connectivity index (χ0v) is 8.43.